The van der Waals surface area contributed by atoms with Crippen molar-refractivity contribution in [3.05, 3.63) is 11.9 Å². The largest absolute Gasteiger partial charge is 0.385 e. The predicted octanol–water partition coefficient (Wildman–Crippen LogP) is -0.507. The van der Waals surface area contributed by atoms with Crippen LogP contribution in [0.25, 0.3) is 0 Å². The van der Waals surface area contributed by atoms with Crippen molar-refractivity contribution in [2.24, 2.45) is 5.73 Å². The summed E-state index contributed by atoms with van der Waals surface area (Å²) in [5.41, 5.74) is 6.23. The third-order valence-electron chi connectivity index (χ3n) is 2.56. The lowest BCUT2D eigenvalue weighted by Crippen LogP contribution is -2.32. The van der Waals surface area contributed by atoms with E-state index < -0.39 is 0 Å². The number of amides is 1. The van der Waals surface area contributed by atoms with E-state index in [1.165, 1.54) is 0 Å². The molecule has 7 nitrogen and oxygen atoms in total. The summed E-state index contributed by atoms with van der Waals surface area (Å²) in [5, 5.41) is 10.7. The quantitative estimate of drug-likeness (QED) is 0.610. The third kappa shape index (κ3) is 4.42. The molecule has 0 bridgehead atoms. The fraction of sp³-hybridized carbons (Fsp3) is 0.727. The van der Waals surface area contributed by atoms with Crippen LogP contribution >= 0.6 is 0 Å². The summed E-state index contributed by atoms with van der Waals surface area (Å²) in [7, 11) is 1.64. The van der Waals surface area contributed by atoms with Gasteiger partial charge in [-0.2, -0.15) is 0 Å². The SMILES string of the molecule is COCCCNC(=O)C(C)n1cc(CCN)nn1. The molecule has 7 heteroatoms. The molecule has 18 heavy (non-hydrogen) atoms. The van der Waals surface area contributed by atoms with E-state index in [0.29, 0.717) is 26.1 Å². The first-order valence-electron chi connectivity index (χ1n) is 6.06. The van der Waals surface area contributed by atoms with Crippen LogP contribution in [-0.2, 0) is 16.0 Å². The number of hydrogen-bond donors (Lipinski definition) is 2. The second-order valence-electron chi connectivity index (χ2n) is 4.04. The van der Waals surface area contributed by atoms with E-state index in [-0.39, 0.29) is 11.9 Å². The maximum Gasteiger partial charge on any atom is 0.244 e. The molecule has 3 N–H and O–H groups in total. The van der Waals surface area contributed by atoms with Gasteiger partial charge in [0, 0.05) is 32.9 Å². The van der Waals surface area contributed by atoms with Crippen LogP contribution in [0.4, 0.5) is 0 Å². The molecule has 0 fully saturated rings. The van der Waals surface area contributed by atoms with Gasteiger partial charge in [-0.15, -0.1) is 5.10 Å². The molecule has 1 rings (SSSR count). The van der Waals surface area contributed by atoms with Crippen LogP contribution in [0.3, 0.4) is 0 Å². The summed E-state index contributed by atoms with van der Waals surface area (Å²) in [6, 6.07) is -0.369. The van der Waals surface area contributed by atoms with Crippen molar-refractivity contribution in [2.75, 3.05) is 26.8 Å². The van der Waals surface area contributed by atoms with E-state index in [1.807, 2.05) is 0 Å². The van der Waals surface area contributed by atoms with Crippen molar-refractivity contribution in [1.29, 1.82) is 0 Å². The van der Waals surface area contributed by atoms with E-state index in [1.54, 1.807) is 24.9 Å². The Morgan fingerprint density at radius 2 is 2.44 bits per heavy atom. The van der Waals surface area contributed by atoms with Gasteiger partial charge in [-0.3, -0.25) is 4.79 Å². The number of carbonyl (C=O) groups excluding carboxylic acids is 1. The molecular weight excluding hydrogens is 234 g/mol. The van der Waals surface area contributed by atoms with Gasteiger partial charge in [0.25, 0.3) is 0 Å². The Morgan fingerprint density at radius 3 is 3.11 bits per heavy atom. The summed E-state index contributed by atoms with van der Waals surface area (Å²) in [6.45, 7) is 3.54. The van der Waals surface area contributed by atoms with Crippen molar-refractivity contribution in [2.45, 2.75) is 25.8 Å². The highest BCUT2D eigenvalue weighted by Crippen LogP contribution is 2.04. The molecule has 0 spiro atoms. The Morgan fingerprint density at radius 1 is 1.67 bits per heavy atom. The molecule has 1 atom stereocenters. The van der Waals surface area contributed by atoms with Gasteiger partial charge in [0.1, 0.15) is 6.04 Å². The molecule has 1 heterocycles. The van der Waals surface area contributed by atoms with E-state index in [9.17, 15) is 4.79 Å². The minimum atomic E-state index is -0.369. The molecular formula is C11H21N5O2. The molecule has 0 radical (unpaired) electrons. The Labute approximate surface area is 107 Å². The summed E-state index contributed by atoms with van der Waals surface area (Å²) >= 11 is 0. The van der Waals surface area contributed by atoms with Crippen LogP contribution < -0.4 is 11.1 Å². The lowest BCUT2D eigenvalue weighted by Gasteiger charge is -2.11. The lowest BCUT2D eigenvalue weighted by atomic mass is 10.3. The molecule has 0 saturated carbocycles. The highest BCUT2D eigenvalue weighted by molar-refractivity contribution is 5.79. The van der Waals surface area contributed by atoms with E-state index in [4.69, 9.17) is 10.5 Å². The number of nitrogens with zero attached hydrogens (tertiary/aromatic N) is 3. The molecule has 1 unspecified atom stereocenters. The van der Waals surface area contributed by atoms with Crippen molar-refractivity contribution in [1.82, 2.24) is 20.3 Å². The topological polar surface area (TPSA) is 95.1 Å². The van der Waals surface area contributed by atoms with Gasteiger partial charge in [-0.1, -0.05) is 5.21 Å². The molecule has 1 amide bonds. The zero-order valence-corrected chi connectivity index (χ0v) is 10.9. The Bertz CT molecular complexity index is 366. The van der Waals surface area contributed by atoms with Gasteiger partial charge < -0.3 is 15.8 Å². The third-order valence-corrected chi connectivity index (χ3v) is 2.56. The first kappa shape index (κ1) is 14.6. The van der Waals surface area contributed by atoms with Crippen molar-refractivity contribution < 1.29 is 9.53 Å². The average molecular weight is 255 g/mol. The summed E-state index contributed by atoms with van der Waals surface area (Å²) in [4.78, 5) is 11.8. The second-order valence-corrected chi connectivity index (χ2v) is 4.04. The molecule has 0 saturated heterocycles. The first-order chi connectivity index (χ1) is 8.69. The molecule has 0 aromatic carbocycles. The fourth-order valence-electron chi connectivity index (χ4n) is 1.46. The number of rotatable bonds is 8. The Balaban J connectivity index is 2.41. The van der Waals surface area contributed by atoms with Crippen LogP contribution in [0.5, 0.6) is 0 Å². The smallest absolute Gasteiger partial charge is 0.244 e. The number of carbonyl (C=O) groups is 1. The molecule has 1 aromatic heterocycles. The van der Waals surface area contributed by atoms with E-state index >= 15 is 0 Å². The highest BCUT2D eigenvalue weighted by Gasteiger charge is 2.15. The van der Waals surface area contributed by atoms with Gasteiger partial charge in [0.15, 0.2) is 0 Å². The van der Waals surface area contributed by atoms with Gasteiger partial charge in [-0.25, -0.2) is 4.68 Å². The van der Waals surface area contributed by atoms with Crippen LogP contribution in [-0.4, -0.2) is 47.7 Å². The summed E-state index contributed by atoms with van der Waals surface area (Å²) in [5.74, 6) is -0.0738. The van der Waals surface area contributed by atoms with Crippen molar-refractivity contribution in [3.8, 4) is 0 Å². The lowest BCUT2D eigenvalue weighted by molar-refractivity contribution is -0.124. The number of hydrogen-bond acceptors (Lipinski definition) is 5. The van der Waals surface area contributed by atoms with Crippen LogP contribution in [0.1, 0.15) is 25.1 Å². The number of aromatic nitrogens is 3. The maximum atomic E-state index is 11.8. The van der Waals surface area contributed by atoms with Crippen molar-refractivity contribution in [3.63, 3.8) is 0 Å². The van der Waals surface area contributed by atoms with Crippen LogP contribution in [0.2, 0.25) is 0 Å². The van der Waals surface area contributed by atoms with Gasteiger partial charge in [-0.05, 0) is 19.9 Å². The molecule has 102 valence electrons. The standard InChI is InChI=1S/C11H21N5O2/c1-9(11(17)13-6-3-7-18-2)16-8-10(4-5-12)14-15-16/h8-9H,3-7,12H2,1-2H3,(H,13,17). The second kappa shape index (κ2) is 7.78. The highest BCUT2D eigenvalue weighted by atomic mass is 16.5. The molecule has 0 aliphatic carbocycles. The molecule has 0 aliphatic heterocycles. The normalized spacial score (nSPS) is 12.4. The number of methoxy groups -OCH3 is 1. The number of ether oxygens (including phenoxy) is 1. The minimum Gasteiger partial charge on any atom is -0.385 e. The minimum absolute atomic E-state index is 0.0738. The van der Waals surface area contributed by atoms with Crippen LogP contribution in [0, 0.1) is 0 Å². The Kier molecular flexibility index (Phi) is 6.31. The van der Waals surface area contributed by atoms with E-state index in [0.717, 1.165) is 12.1 Å². The monoisotopic (exact) mass is 255 g/mol. The van der Waals surface area contributed by atoms with Gasteiger partial charge >= 0.3 is 0 Å². The zero-order valence-electron chi connectivity index (χ0n) is 10.9. The molecule has 1 aromatic rings. The first-order valence-corrected chi connectivity index (χ1v) is 6.06. The number of nitrogens with two attached hydrogens (primary N) is 1. The molecule has 0 aliphatic rings. The summed E-state index contributed by atoms with van der Waals surface area (Å²) < 4.78 is 6.46. The predicted molar refractivity (Wildman–Crippen MR) is 67.0 cm³/mol. The average Bonchev–Trinajstić information content (AvgIpc) is 2.82. The van der Waals surface area contributed by atoms with Gasteiger partial charge in [0.2, 0.25) is 5.91 Å². The van der Waals surface area contributed by atoms with Crippen molar-refractivity contribution >= 4 is 5.91 Å². The van der Waals surface area contributed by atoms with Gasteiger partial charge in [0.05, 0.1) is 5.69 Å². The maximum absolute atomic E-state index is 11.8. The zero-order chi connectivity index (χ0) is 13.4. The number of nitrogens with one attached hydrogen (secondary N) is 1. The van der Waals surface area contributed by atoms with Crippen LogP contribution in [0.15, 0.2) is 6.20 Å². The summed E-state index contributed by atoms with van der Waals surface area (Å²) in [6.07, 6.45) is 3.22. The Hall–Kier alpha value is -1.47. The van der Waals surface area contributed by atoms with E-state index in [2.05, 4.69) is 15.6 Å². The fourth-order valence-corrected chi connectivity index (χ4v) is 1.46.